The van der Waals surface area contributed by atoms with Gasteiger partial charge in [-0.15, -0.1) is 0 Å². The zero-order chi connectivity index (χ0) is 18.6. The number of likely N-dealkylation sites (tertiary alicyclic amines) is 1. The van der Waals surface area contributed by atoms with E-state index in [4.69, 9.17) is 5.11 Å². The number of nitrogens with one attached hydrogen (secondary N) is 1. The first-order valence-corrected chi connectivity index (χ1v) is 9.33. The first-order valence-electron chi connectivity index (χ1n) is 7.85. The van der Waals surface area contributed by atoms with Crippen LogP contribution in [0.4, 0.5) is 0 Å². The van der Waals surface area contributed by atoms with Crippen molar-refractivity contribution < 1.29 is 27.9 Å². The number of carboxylic acids is 1. The molecule has 1 aliphatic rings. The van der Waals surface area contributed by atoms with Crippen LogP contribution < -0.4 is 4.72 Å². The Morgan fingerprint density at radius 3 is 2.68 bits per heavy atom. The molecule has 136 valence electrons. The molecule has 25 heavy (non-hydrogen) atoms. The fraction of sp³-hybridized carbons (Fsp3) is 0.438. The van der Waals surface area contributed by atoms with E-state index in [0.29, 0.717) is 19.4 Å². The number of carboxylic acid groups (broad SMARTS) is 1. The number of rotatable bonds is 7. The van der Waals surface area contributed by atoms with Gasteiger partial charge in [-0.05, 0) is 31.9 Å². The van der Waals surface area contributed by atoms with Crippen LogP contribution in [0.25, 0.3) is 0 Å². The van der Waals surface area contributed by atoms with Crippen LogP contribution in [0.1, 0.15) is 36.5 Å². The first kappa shape index (κ1) is 19.1. The van der Waals surface area contributed by atoms with Crippen molar-refractivity contribution in [2.75, 3.05) is 13.1 Å². The van der Waals surface area contributed by atoms with Gasteiger partial charge in [-0.25, -0.2) is 17.9 Å². The maximum absolute atomic E-state index is 12.2. The first-order chi connectivity index (χ1) is 11.7. The average Bonchev–Trinajstić information content (AvgIpc) is 3.04. The third-order valence-electron chi connectivity index (χ3n) is 4.04. The van der Waals surface area contributed by atoms with Crippen LogP contribution in [-0.4, -0.2) is 55.2 Å². The molecule has 1 aromatic rings. The van der Waals surface area contributed by atoms with E-state index in [2.05, 4.69) is 4.72 Å². The van der Waals surface area contributed by atoms with E-state index >= 15 is 0 Å². The molecule has 8 nitrogen and oxygen atoms in total. The molecule has 0 bridgehead atoms. The van der Waals surface area contributed by atoms with E-state index in [-0.39, 0.29) is 29.2 Å². The molecule has 1 heterocycles. The minimum atomic E-state index is -3.85. The minimum absolute atomic E-state index is 0.0581. The molecule has 0 unspecified atom stereocenters. The van der Waals surface area contributed by atoms with Crippen LogP contribution in [0.2, 0.25) is 0 Å². The van der Waals surface area contributed by atoms with Crippen molar-refractivity contribution in [2.24, 2.45) is 0 Å². The zero-order valence-corrected chi connectivity index (χ0v) is 14.6. The number of hydrogen-bond acceptors (Lipinski definition) is 5. The molecule has 1 saturated heterocycles. The van der Waals surface area contributed by atoms with Crippen molar-refractivity contribution in [3.8, 4) is 0 Å². The summed E-state index contributed by atoms with van der Waals surface area (Å²) in [5.41, 5.74) is 0.278. The van der Waals surface area contributed by atoms with E-state index in [1.54, 1.807) is 0 Å². The van der Waals surface area contributed by atoms with Gasteiger partial charge in [-0.1, -0.05) is 12.1 Å². The molecule has 1 fully saturated rings. The molecular formula is C16H20N2O6S. The fourth-order valence-corrected chi connectivity index (χ4v) is 3.80. The smallest absolute Gasteiger partial charge is 0.326 e. The van der Waals surface area contributed by atoms with Crippen LogP contribution in [0.3, 0.4) is 0 Å². The van der Waals surface area contributed by atoms with Gasteiger partial charge in [0.15, 0.2) is 5.78 Å². The highest BCUT2D eigenvalue weighted by atomic mass is 32.2. The van der Waals surface area contributed by atoms with Crippen molar-refractivity contribution >= 4 is 27.7 Å². The molecular weight excluding hydrogens is 348 g/mol. The van der Waals surface area contributed by atoms with Gasteiger partial charge in [0.25, 0.3) is 0 Å². The van der Waals surface area contributed by atoms with Gasteiger partial charge in [-0.2, -0.15) is 0 Å². The van der Waals surface area contributed by atoms with E-state index in [1.807, 2.05) is 0 Å². The largest absolute Gasteiger partial charge is 0.480 e. The molecule has 2 N–H and O–H groups in total. The van der Waals surface area contributed by atoms with Gasteiger partial charge in [0.05, 0.1) is 4.90 Å². The van der Waals surface area contributed by atoms with Crippen molar-refractivity contribution in [3.63, 3.8) is 0 Å². The lowest BCUT2D eigenvalue weighted by molar-refractivity contribution is -0.148. The lowest BCUT2D eigenvalue weighted by Crippen LogP contribution is -2.41. The molecule has 0 aromatic heterocycles. The van der Waals surface area contributed by atoms with E-state index in [9.17, 15) is 22.8 Å². The minimum Gasteiger partial charge on any atom is -0.480 e. The summed E-state index contributed by atoms with van der Waals surface area (Å²) in [6.45, 7) is 1.56. The predicted octanol–water partition coefficient (Wildman–Crippen LogP) is 0.633. The van der Waals surface area contributed by atoms with Crippen LogP contribution in [0, 0.1) is 0 Å². The number of sulfonamides is 1. The Kier molecular flexibility index (Phi) is 5.91. The fourth-order valence-electron chi connectivity index (χ4n) is 2.72. The van der Waals surface area contributed by atoms with Crippen molar-refractivity contribution in [1.29, 1.82) is 0 Å². The number of carbonyl (C=O) groups is 3. The van der Waals surface area contributed by atoms with Gasteiger partial charge < -0.3 is 10.0 Å². The summed E-state index contributed by atoms with van der Waals surface area (Å²) in [5.74, 6) is -1.70. The Bertz CT molecular complexity index is 790. The molecule has 0 saturated carbocycles. The van der Waals surface area contributed by atoms with E-state index in [0.717, 1.165) is 0 Å². The number of hydrogen-bond donors (Lipinski definition) is 2. The number of ketones is 1. The summed E-state index contributed by atoms with van der Waals surface area (Å²) >= 11 is 0. The second kappa shape index (κ2) is 7.75. The second-order valence-electron chi connectivity index (χ2n) is 5.82. The quantitative estimate of drug-likeness (QED) is 0.681. The van der Waals surface area contributed by atoms with Gasteiger partial charge in [0.1, 0.15) is 6.04 Å². The van der Waals surface area contributed by atoms with Crippen LogP contribution >= 0.6 is 0 Å². The highest BCUT2D eigenvalue weighted by Crippen LogP contribution is 2.18. The Morgan fingerprint density at radius 2 is 2.04 bits per heavy atom. The van der Waals surface area contributed by atoms with Gasteiger partial charge in [0.2, 0.25) is 15.9 Å². The SMILES string of the molecule is CC(=O)c1cccc(S(=O)(=O)NCCC(=O)N2CCC[C@H]2C(=O)O)c1. The van der Waals surface area contributed by atoms with E-state index < -0.39 is 27.9 Å². The normalized spacial score (nSPS) is 17.5. The zero-order valence-electron chi connectivity index (χ0n) is 13.8. The summed E-state index contributed by atoms with van der Waals surface area (Å²) < 4.78 is 26.8. The van der Waals surface area contributed by atoms with Crippen LogP contribution in [0.5, 0.6) is 0 Å². The summed E-state index contributed by atoms with van der Waals surface area (Å²) in [4.78, 5) is 35.8. The third-order valence-corrected chi connectivity index (χ3v) is 5.50. The monoisotopic (exact) mass is 368 g/mol. The van der Waals surface area contributed by atoms with Crippen molar-refractivity contribution in [3.05, 3.63) is 29.8 Å². The van der Waals surface area contributed by atoms with Crippen LogP contribution in [-0.2, 0) is 19.6 Å². The van der Waals surface area contributed by atoms with E-state index in [1.165, 1.54) is 36.1 Å². The molecule has 1 atom stereocenters. The predicted molar refractivity (Wildman–Crippen MR) is 88.6 cm³/mol. The second-order valence-corrected chi connectivity index (χ2v) is 7.58. The summed E-state index contributed by atoms with van der Waals surface area (Å²) in [5, 5.41) is 9.07. The molecule has 0 spiro atoms. The van der Waals surface area contributed by atoms with Gasteiger partial charge in [-0.3, -0.25) is 9.59 Å². The Morgan fingerprint density at radius 1 is 1.32 bits per heavy atom. The van der Waals surface area contributed by atoms with Crippen molar-refractivity contribution in [2.45, 2.75) is 37.1 Å². The highest BCUT2D eigenvalue weighted by molar-refractivity contribution is 7.89. The third kappa shape index (κ3) is 4.64. The number of Topliss-reactive ketones (excluding diaryl/α,β-unsaturated/α-hetero) is 1. The van der Waals surface area contributed by atoms with Crippen molar-refractivity contribution in [1.82, 2.24) is 9.62 Å². The molecule has 1 aliphatic heterocycles. The lowest BCUT2D eigenvalue weighted by atomic mass is 10.2. The average molecular weight is 368 g/mol. The summed E-state index contributed by atoms with van der Waals surface area (Å²) in [6, 6.07) is 4.78. The number of amides is 1. The Hall–Kier alpha value is -2.26. The summed E-state index contributed by atoms with van der Waals surface area (Å²) in [6.07, 6.45) is 0.895. The molecule has 1 aromatic carbocycles. The standard InChI is InChI=1S/C16H20N2O6S/c1-11(19)12-4-2-5-13(10-12)25(23,24)17-8-7-15(20)18-9-3-6-14(18)16(21)22/h2,4-5,10,14,17H,3,6-9H2,1H3,(H,21,22)/t14-/m0/s1. The van der Waals surface area contributed by atoms with Gasteiger partial charge in [0, 0.05) is 25.1 Å². The summed E-state index contributed by atoms with van der Waals surface area (Å²) in [7, 11) is -3.85. The Balaban J connectivity index is 1.96. The molecule has 2 rings (SSSR count). The topological polar surface area (TPSA) is 121 Å². The molecule has 9 heteroatoms. The molecule has 0 radical (unpaired) electrons. The highest BCUT2D eigenvalue weighted by Gasteiger charge is 2.33. The maximum Gasteiger partial charge on any atom is 0.326 e. The molecule has 1 amide bonds. The maximum atomic E-state index is 12.2. The molecule has 0 aliphatic carbocycles. The van der Waals surface area contributed by atoms with Gasteiger partial charge >= 0.3 is 5.97 Å². The number of aliphatic carboxylic acids is 1. The number of carbonyl (C=O) groups excluding carboxylic acids is 2. The van der Waals surface area contributed by atoms with Crippen LogP contribution in [0.15, 0.2) is 29.2 Å². The number of benzene rings is 1. The Labute approximate surface area is 145 Å². The number of nitrogens with zero attached hydrogens (tertiary/aromatic N) is 1. The lowest BCUT2D eigenvalue weighted by Gasteiger charge is -2.21.